The van der Waals surface area contributed by atoms with Gasteiger partial charge in [0.05, 0.1) is 6.20 Å². The average molecular weight is 329 g/mol. The van der Waals surface area contributed by atoms with Gasteiger partial charge in [-0.1, -0.05) is 45.7 Å². The van der Waals surface area contributed by atoms with Crippen LogP contribution in [0.5, 0.6) is 0 Å². The van der Waals surface area contributed by atoms with Crippen LogP contribution in [0.2, 0.25) is 0 Å². The highest BCUT2D eigenvalue weighted by molar-refractivity contribution is 5.28. The lowest BCUT2D eigenvalue weighted by Gasteiger charge is -2.30. The van der Waals surface area contributed by atoms with Crippen LogP contribution >= 0.6 is 0 Å². The summed E-state index contributed by atoms with van der Waals surface area (Å²) in [6.07, 6.45) is 6.76. The van der Waals surface area contributed by atoms with Crippen LogP contribution in [0.1, 0.15) is 63.3 Å². The Morgan fingerprint density at radius 1 is 1.17 bits per heavy atom. The molecule has 130 valence electrons. The zero-order valence-electron chi connectivity index (χ0n) is 15.0. The standard InChI is InChI=1S/C20H28FN3/c1-19(2,3)18-15(13-23-24-18)12-22-14-20(10-4-5-11-20)16-6-8-17(21)9-7-16/h6-9,13,22H,4-5,10-12,14H2,1-3H3,(H,23,24). The van der Waals surface area contributed by atoms with E-state index >= 15 is 0 Å². The minimum Gasteiger partial charge on any atom is -0.312 e. The molecule has 3 rings (SSSR count). The van der Waals surface area contributed by atoms with Crippen molar-refractivity contribution in [1.29, 1.82) is 0 Å². The van der Waals surface area contributed by atoms with Gasteiger partial charge in [-0.2, -0.15) is 5.10 Å². The maximum atomic E-state index is 13.3. The van der Waals surface area contributed by atoms with Crippen LogP contribution < -0.4 is 5.32 Å². The first-order chi connectivity index (χ1) is 11.4. The smallest absolute Gasteiger partial charge is 0.123 e. The van der Waals surface area contributed by atoms with Gasteiger partial charge in [-0.15, -0.1) is 0 Å². The minimum absolute atomic E-state index is 0.0650. The molecule has 1 aliphatic carbocycles. The van der Waals surface area contributed by atoms with Crippen molar-refractivity contribution in [2.45, 2.75) is 63.8 Å². The fraction of sp³-hybridized carbons (Fsp3) is 0.550. The summed E-state index contributed by atoms with van der Waals surface area (Å²) in [6.45, 7) is 8.32. The second kappa shape index (κ2) is 6.67. The Hall–Kier alpha value is -1.68. The Morgan fingerprint density at radius 3 is 2.46 bits per heavy atom. The number of hydrogen-bond donors (Lipinski definition) is 2. The quantitative estimate of drug-likeness (QED) is 0.851. The predicted molar refractivity (Wildman–Crippen MR) is 95.5 cm³/mol. The summed E-state index contributed by atoms with van der Waals surface area (Å²) in [4.78, 5) is 0. The Balaban J connectivity index is 1.70. The lowest BCUT2D eigenvalue weighted by Crippen LogP contribution is -2.36. The molecule has 0 bridgehead atoms. The number of nitrogens with one attached hydrogen (secondary N) is 2. The van der Waals surface area contributed by atoms with Crippen LogP contribution in [0.25, 0.3) is 0 Å². The van der Waals surface area contributed by atoms with Crippen molar-refractivity contribution >= 4 is 0 Å². The number of hydrogen-bond acceptors (Lipinski definition) is 2. The molecule has 3 nitrogen and oxygen atoms in total. The summed E-state index contributed by atoms with van der Waals surface area (Å²) in [5, 5.41) is 11.0. The van der Waals surface area contributed by atoms with Crippen LogP contribution in [0.15, 0.2) is 30.5 Å². The molecule has 2 N–H and O–H groups in total. The number of H-pyrrole nitrogens is 1. The average Bonchev–Trinajstić information content (AvgIpc) is 3.17. The molecule has 0 spiro atoms. The second-order valence-corrected chi connectivity index (χ2v) is 8.12. The number of nitrogens with zero attached hydrogens (tertiary/aromatic N) is 1. The summed E-state index contributed by atoms with van der Waals surface area (Å²) < 4.78 is 13.3. The highest BCUT2D eigenvalue weighted by atomic mass is 19.1. The highest BCUT2D eigenvalue weighted by Crippen LogP contribution is 2.40. The molecule has 1 aromatic carbocycles. The van der Waals surface area contributed by atoms with E-state index in [2.05, 4.69) is 36.3 Å². The van der Waals surface area contributed by atoms with Crippen molar-refractivity contribution in [2.24, 2.45) is 0 Å². The molecule has 0 atom stereocenters. The van der Waals surface area contributed by atoms with Crippen molar-refractivity contribution < 1.29 is 4.39 Å². The number of aromatic amines is 1. The third kappa shape index (κ3) is 3.54. The van der Waals surface area contributed by atoms with Gasteiger partial charge in [-0.3, -0.25) is 5.10 Å². The first-order valence-corrected chi connectivity index (χ1v) is 8.90. The highest BCUT2D eigenvalue weighted by Gasteiger charge is 2.35. The SMILES string of the molecule is CC(C)(C)c1[nH]ncc1CNCC1(c2ccc(F)cc2)CCCC1. The van der Waals surface area contributed by atoms with Crippen molar-refractivity contribution in [3.63, 3.8) is 0 Å². The van der Waals surface area contributed by atoms with Gasteiger partial charge >= 0.3 is 0 Å². The maximum absolute atomic E-state index is 13.3. The molecule has 1 fully saturated rings. The zero-order chi connectivity index (χ0) is 17.2. The number of rotatable bonds is 5. The van der Waals surface area contributed by atoms with E-state index < -0.39 is 0 Å². The molecular formula is C20H28FN3. The molecular weight excluding hydrogens is 301 g/mol. The van der Waals surface area contributed by atoms with E-state index in [4.69, 9.17) is 0 Å². The van der Waals surface area contributed by atoms with E-state index in [0.717, 1.165) is 13.1 Å². The van der Waals surface area contributed by atoms with Gasteiger partial charge in [-0.05, 0) is 30.5 Å². The van der Waals surface area contributed by atoms with E-state index in [9.17, 15) is 4.39 Å². The predicted octanol–water partition coefficient (Wildman–Crippen LogP) is 4.45. The van der Waals surface area contributed by atoms with E-state index in [0.29, 0.717) is 0 Å². The van der Waals surface area contributed by atoms with Gasteiger partial charge in [0, 0.05) is 35.2 Å². The molecule has 0 aliphatic heterocycles. The molecule has 0 saturated heterocycles. The van der Waals surface area contributed by atoms with Gasteiger partial charge in [0.2, 0.25) is 0 Å². The van der Waals surface area contributed by atoms with Crippen molar-refractivity contribution in [1.82, 2.24) is 15.5 Å². The largest absolute Gasteiger partial charge is 0.312 e. The minimum atomic E-state index is -0.159. The van der Waals surface area contributed by atoms with Crippen molar-refractivity contribution in [3.8, 4) is 0 Å². The summed E-state index contributed by atoms with van der Waals surface area (Å²) in [7, 11) is 0. The molecule has 0 radical (unpaired) electrons. The normalized spacial score (nSPS) is 17.3. The molecule has 1 saturated carbocycles. The molecule has 1 heterocycles. The molecule has 4 heteroatoms. The van der Waals surface area contributed by atoms with E-state index in [1.165, 1.54) is 42.5 Å². The van der Waals surface area contributed by atoms with Gasteiger partial charge in [0.15, 0.2) is 0 Å². The monoisotopic (exact) mass is 329 g/mol. The van der Waals surface area contributed by atoms with Crippen molar-refractivity contribution in [2.75, 3.05) is 6.54 Å². The van der Waals surface area contributed by atoms with Crippen LogP contribution in [0, 0.1) is 5.82 Å². The zero-order valence-corrected chi connectivity index (χ0v) is 15.0. The van der Waals surface area contributed by atoms with Crippen LogP contribution in [-0.2, 0) is 17.4 Å². The third-order valence-electron chi connectivity index (χ3n) is 5.26. The summed E-state index contributed by atoms with van der Waals surface area (Å²) in [6, 6.07) is 7.09. The molecule has 24 heavy (non-hydrogen) atoms. The maximum Gasteiger partial charge on any atom is 0.123 e. The topological polar surface area (TPSA) is 40.7 Å². The number of aromatic nitrogens is 2. The van der Waals surface area contributed by atoms with E-state index in [1.54, 1.807) is 12.1 Å². The van der Waals surface area contributed by atoms with Crippen LogP contribution in [0.4, 0.5) is 4.39 Å². The number of benzene rings is 1. The Bertz CT molecular complexity index is 661. The number of halogens is 1. The fourth-order valence-corrected chi connectivity index (χ4v) is 3.95. The van der Waals surface area contributed by atoms with E-state index in [-0.39, 0.29) is 16.6 Å². The van der Waals surface area contributed by atoms with Crippen molar-refractivity contribution in [3.05, 3.63) is 53.1 Å². The fourth-order valence-electron chi connectivity index (χ4n) is 3.95. The van der Waals surface area contributed by atoms with Crippen LogP contribution in [0.3, 0.4) is 0 Å². The molecule has 0 unspecified atom stereocenters. The van der Waals surface area contributed by atoms with Gasteiger partial charge in [-0.25, -0.2) is 4.39 Å². The molecule has 1 aliphatic rings. The third-order valence-corrected chi connectivity index (χ3v) is 5.26. The molecule has 0 amide bonds. The second-order valence-electron chi connectivity index (χ2n) is 8.12. The Morgan fingerprint density at radius 2 is 1.83 bits per heavy atom. The van der Waals surface area contributed by atoms with Gasteiger partial charge < -0.3 is 5.32 Å². The molecule has 2 aromatic rings. The Kier molecular flexibility index (Phi) is 4.77. The first-order valence-electron chi connectivity index (χ1n) is 8.90. The van der Waals surface area contributed by atoms with E-state index in [1.807, 2.05) is 18.3 Å². The lowest BCUT2D eigenvalue weighted by atomic mass is 9.78. The summed E-state index contributed by atoms with van der Waals surface area (Å²) >= 11 is 0. The summed E-state index contributed by atoms with van der Waals surface area (Å²) in [5.41, 5.74) is 3.89. The summed E-state index contributed by atoms with van der Waals surface area (Å²) in [5.74, 6) is -0.159. The van der Waals surface area contributed by atoms with Crippen LogP contribution in [-0.4, -0.2) is 16.7 Å². The van der Waals surface area contributed by atoms with Gasteiger partial charge in [0.1, 0.15) is 5.82 Å². The molecule has 1 aromatic heterocycles. The van der Waals surface area contributed by atoms with Gasteiger partial charge in [0.25, 0.3) is 0 Å². The first kappa shape index (κ1) is 17.2. The lowest BCUT2D eigenvalue weighted by molar-refractivity contribution is 0.402. The Labute approximate surface area is 144 Å².